The Kier molecular flexibility index (Phi) is 5.26. The molecule has 1 rings (SSSR count). The van der Waals surface area contributed by atoms with E-state index < -0.39 is 11.0 Å². The Morgan fingerprint density at radius 3 is 2.53 bits per heavy atom. The minimum absolute atomic E-state index is 0.107. The number of hydrogen-bond donors (Lipinski definition) is 1. The smallest absolute Gasteiger partial charge is 0.337 e. The highest BCUT2D eigenvalue weighted by atomic mass is 32.2. The van der Waals surface area contributed by atoms with Crippen LogP contribution in [0.4, 0.5) is 0 Å². The Morgan fingerprint density at radius 2 is 2.00 bits per heavy atom. The van der Waals surface area contributed by atoms with Crippen LogP contribution in [0.5, 0.6) is 0 Å². The molecule has 1 aromatic carbocycles. The maximum absolute atomic E-state index is 12.0. The minimum atomic E-state index is -1.15. The quantitative estimate of drug-likeness (QED) is 0.864. The van der Waals surface area contributed by atoms with Gasteiger partial charge in [-0.2, -0.15) is 0 Å². The van der Waals surface area contributed by atoms with Gasteiger partial charge in [-0.1, -0.05) is 12.1 Å². The van der Waals surface area contributed by atoms with E-state index >= 15 is 0 Å². The summed E-state index contributed by atoms with van der Waals surface area (Å²) in [4.78, 5) is 11.5. The van der Waals surface area contributed by atoms with Crippen LogP contribution < -0.4 is 4.72 Å². The second-order valence-electron chi connectivity index (χ2n) is 5.34. The average molecular weight is 283 g/mol. The van der Waals surface area contributed by atoms with Gasteiger partial charge in [-0.05, 0) is 45.4 Å². The van der Waals surface area contributed by atoms with Crippen molar-refractivity contribution in [1.82, 2.24) is 4.72 Å². The molecule has 5 heteroatoms. The van der Waals surface area contributed by atoms with Gasteiger partial charge in [0.15, 0.2) is 0 Å². The van der Waals surface area contributed by atoms with Crippen LogP contribution in [0.25, 0.3) is 0 Å². The lowest BCUT2D eigenvalue weighted by Gasteiger charge is -2.22. The lowest BCUT2D eigenvalue weighted by Crippen LogP contribution is -2.34. The van der Waals surface area contributed by atoms with Crippen LogP contribution in [-0.2, 0) is 15.7 Å². The third-order valence-corrected chi connectivity index (χ3v) is 4.33. The molecule has 0 aliphatic rings. The van der Waals surface area contributed by atoms with Gasteiger partial charge in [0.2, 0.25) is 0 Å². The number of carbonyl (C=O) groups is 1. The highest BCUT2D eigenvalue weighted by Gasteiger charge is 2.22. The molecular weight excluding hydrogens is 262 g/mol. The van der Waals surface area contributed by atoms with Crippen molar-refractivity contribution in [2.45, 2.75) is 38.5 Å². The molecule has 0 saturated heterocycles. The number of nitrogens with one attached hydrogen (secondary N) is 1. The molecule has 0 aliphatic carbocycles. The number of ether oxygens (including phenoxy) is 1. The first-order valence-electron chi connectivity index (χ1n) is 6.12. The fourth-order valence-corrected chi connectivity index (χ4v) is 2.27. The fourth-order valence-electron chi connectivity index (χ4n) is 1.46. The summed E-state index contributed by atoms with van der Waals surface area (Å²) in [5, 5.41) is 0. The highest BCUT2D eigenvalue weighted by molar-refractivity contribution is 7.84. The SMILES string of the molecule is COC(=O)c1cccc([C@H](C)N[S@](=O)C(C)(C)C)c1. The van der Waals surface area contributed by atoms with E-state index in [9.17, 15) is 9.00 Å². The second-order valence-corrected chi connectivity index (χ2v) is 7.34. The lowest BCUT2D eigenvalue weighted by atomic mass is 10.1. The average Bonchev–Trinajstić information content (AvgIpc) is 2.36. The molecule has 19 heavy (non-hydrogen) atoms. The van der Waals surface area contributed by atoms with Crippen molar-refractivity contribution in [1.29, 1.82) is 0 Å². The molecule has 0 saturated carbocycles. The van der Waals surface area contributed by atoms with Crippen LogP contribution in [0.1, 0.15) is 49.7 Å². The van der Waals surface area contributed by atoms with Crippen molar-refractivity contribution in [2.24, 2.45) is 0 Å². The topological polar surface area (TPSA) is 55.4 Å². The van der Waals surface area contributed by atoms with Gasteiger partial charge in [0.05, 0.1) is 28.4 Å². The highest BCUT2D eigenvalue weighted by Crippen LogP contribution is 2.18. The molecule has 0 heterocycles. The van der Waals surface area contributed by atoms with Crippen LogP contribution in [0.15, 0.2) is 24.3 Å². The molecule has 0 aromatic heterocycles. The summed E-state index contributed by atoms with van der Waals surface area (Å²) in [5.41, 5.74) is 1.40. The fraction of sp³-hybridized carbons (Fsp3) is 0.500. The number of benzene rings is 1. The Balaban J connectivity index is 2.86. The zero-order valence-corrected chi connectivity index (χ0v) is 12.8. The van der Waals surface area contributed by atoms with Crippen LogP contribution in [0.3, 0.4) is 0 Å². The first-order chi connectivity index (χ1) is 8.75. The summed E-state index contributed by atoms with van der Waals surface area (Å²) in [6.45, 7) is 7.65. The zero-order chi connectivity index (χ0) is 14.6. The van der Waals surface area contributed by atoms with Crippen LogP contribution >= 0.6 is 0 Å². The largest absolute Gasteiger partial charge is 0.465 e. The number of esters is 1. The van der Waals surface area contributed by atoms with Crippen LogP contribution in [-0.4, -0.2) is 22.0 Å². The number of carbonyl (C=O) groups excluding carboxylic acids is 1. The molecule has 1 aromatic rings. The van der Waals surface area contributed by atoms with Gasteiger partial charge in [-0.3, -0.25) is 0 Å². The molecule has 0 unspecified atom stereocenters. The van der Waals surface area contributed by atoms with E-state index in [1.807, 2.05) is 33.8 Å². The van der Waals surface area contributed by atoms with Gasteiger partial charge in [0.25, 0.3) is 0 Å². The van der Waals surface area contributed by atoms with Crippen LogP contribution in [0.2, 0.25) is 0 Å². The van der Waals surface area contributed by atoms with E-state index in [1.54, 1.807) is 18.2 Å². The molecule has 4 nitrogen and oxygen atoms in total. The Morgan fingerprint density at radius 1 is 1.37 bits per heavy atom. The van der Waals surface area contributed by atoms with Crippen molar-refractivity contribution in [2.75, 3.05) is 7.11 Å². The lowest BCUT2D eigenvalue weighted by molar-refractivity contribution is 0.0600. The first-order valence-corrected chi connectivity index (χ1v) is 7.27. The molecule has 0 radical (unpaired) electrons. The van der Waals surface area contributed by atoms with E-state index in [0.29, 0.717) is 5.56 Å². The van der Waals surface area contributed by atoms with E-state index in [4.69, 9.17) is 0 Å². The second kappa shape index (κ2) is 6.30. The van der Waals surface area contributed by atoms with Gasteiger partial charge >= 0.3 is 5.97 Å². The summed E-state index contributed by atoms with van der Waals surface area (Å²) in [7, 11) is 0.199. The van der Waals surface area contributed by atoms with Gasteiger partial charge in [-0.15, -0.1) is 0 Å². The minimum Gasteiger partial charge on any atom is -0.465 e. The molecular formula is C14H21NO3S. The Labute approximate surface area is 117 Å². The van der Waals surface area contributed by atoms with Gasteiger partial charge in [0.1, 0.15) is 0 Å². The standard InChI is InChI=1S/C14H21NO3S/c1-10(15-19(17)14(2,3)4)11-7-6-8-12(9-11)13(16)18-5/h6-10,15H,1-5H3/t10-,19+/m0/s1. The molecule has 0 aliphatic heterocycles. The summed E-state index contributed by atoms with van der Waals surface area (Å²) in [6, 6.07) is 7.03. The Bertz CT molecular complexity index is 480. The normalized spacial score (nSPS) is 14.8. The molecule has 0 fully saturated rings. The number of rotatable bonds is 4. The summed E-state index contributed by atoms with van der Waals surface area (Å²) >= 11 is 0. The number of methoxy groups -OCH3 is 1. The summed E-state index contributed by atoms with van der Waals surface area (Å²) in [6.07, 6.45) is 0. The van der Waals surface area contributed by atoms with E-state index in [0.717, 1.165) is 5.56 Å². The zero-order valence-electron chi connectivity index (χ0n) is 12.0. The molecule has 0 amide bonds. The van der Waals surface area contributed by atoms with E-state index in [1.165, 1.54) is 7.11 Å². The van der Waals surface area contributed by atoms with Crippen molar-refractivity contribution in [3.8, 4) is 0 Å². The van der Waals surface area contributed by atoms with E-state index in [2.05, 4.69) is 9.46 Å². The predicted octanol–water partition coefficient (Wildman–Crippen LogP) is 2.59. The first kappa shape index (κ1) is 15.9. The molecule has 2 atom stereocenters. The third kappa shape index (κ3) is 4.44. The maximum atomic E-state index is 12.0. The maximum Gasteiger partial charge on any atom is 0.337 e. The molecule has 0 bridgehead atoms. The molecule has 0 spiro atoms. The number of hydrogen-bond acceptors (Lipinski definition) is 3. The third-order valence-electron chi connectivity index (χ3n) is 2.65. The monoisotopic (exact) mass is 283 g/mol. The van der Waals surface area contributed by atoms with Gasteiger partial charge < -0.3 is 4.74 Å². The van der Waals surface area contributed by atoms with Crippen molar-refractivity contribution in [3.63, 3.8) is 0 Å². The van der Waals surface area contributed by atoms with Crippen molar-refractivity contribution < 1.29 is 13.7 Å². The van der Waals surface area contributed by atoms with E-state index in [-0.39, 0.29) is 16.8 Å². The Hall–Kier alpha value is -1.20. The molecule has 1 N–H and O–H groups in total. The molecule has 106 valence electrons. The predicted molar refractivity (Wildman–Crippen MR) is 77.2 cm³/mol. The van der Waals surface area contributed by atoms with Crippen molar-refractivity contribution >= 4 is 17.0 Å². The summed E-state index contributed by atoms with van der Waals surface area (Å²) < 4.78 is 19.4. The van der Waals surface area contributed by atoms with Gasteiger partial charge in [-0.25, -0.2) is 13.7 Å². The van der Waals surface area contributed by atoms with Crippen LogP contribution in [0, 0.1) is 0 Å². The van der Waals surface area contributed by atoms with Gasteiger partial charge in [0, 0.05) is 6.04 Å². The summed E-state index contributed by atoms with van der Waals surface area (Å²) in [5.74, 6) is -0.369. The van der Waals surface area contributed by atoms with Crippen molar-refractivity contribution in [3.05, 3.63) is 35.4 Å².